The lowest BCUT2D eigenvalue weighted by atomic mass is 9.90. The molecule has 1 N–H and O–H groups in total. The maximum absolute atomic E-state index is 5.74. The summed E-state index contributed by atoms with van der Waals surface area (Å²) in [5, 5.41) is 3.67. The molecule has 2 heteroatoms. The highest BCUT2D eigenvalue weighted by Gasteiger charge is 2.30. The molecule has 0 aliphatic heterocycles. The molecule has 106 valence electrons. The van der Waals surface area contributed by atoms with Gasteiger partial charge in [-0.05, 0) is 56.3 Å². The average Bonchev–Trinajstić information content (AvgIpc) is 2.99. The van der Waals surface area contributed by atoms with Crippen molar-refractivity contribution in [2.45, 2.75) is 39.7 Å². The van der Waals surface area contributed by atoms with Crippen molar-refractivity contribution in [2.24, 2.45) is 5.92 Å². The van der Waals surface area contributed by atoms with Crippen LogP contribution in [0.5, 0.6) is 0 Å². The predicted molar refractivity (Wildman–Crippen MR) is 81.9 cm³/mol. The standard InChI is InChI=1S/C18H23NO/c1-4-19-18(17-9-12(2)20-13(17)3)16-10-14-7-5-6-8-15(14)11-16/h5-9,16,18-19H,4,10-11H2,1-3H3. The van der Waals surface area contributed by atoms with Gasteiger partial charge in [-0.25, -0.2) is 0 Å². The molecule has 1 aliphatic carbocycles. The number of hydrogen-bond donors (Lipinski definition) is 1. The van der Waals surface area contributed by atoms with E-state index >= 15 is 0 Å². The van der Waals surface area contributed by atoms with E-state index in [-0.39, 0.29) is 0 Å². The van der Waals surface area contributed by atoms with Crippen LogP contribution in [0.2, 0.25) is 0 Å². The lowest BCUT2D eigenvalue weighted by molar-refractivity contribution is 0.373. The summed E-state index contributed by atoms with van der Waals surface area (Å²) < 4.78 is 5.74. The van der Waals surface area contributed by atoms with E-state index in [4.69, 9.17) is 4.42 Å². The van der Waals surface area contributed by atoms with Crippen LogP contribution in [-0.2, 0) is 12.8 Å². The van der Waals surface area contributed by atoms with Crippen LogP contribution in [0.4, 0.5) is 0 Å². The molecule has 3 rings (SSSR count). The molecular weight excluding hydrogens is 246 g/mol. The molecule has 0 saturated carbocycles. The van der Waals surface area contributed by atoms with Crippen LogP contribution in [0.1, 0.15) is 41.2 Å². The fraction of sp³-hybridized carbons (Fsp3) is 0.444. The Bertz CT molecular complexity index is 574. The average molecular weight is 269 g/mol. The molecule has 20 heavy (non-hydrogen) atoms. The van der Waals surface area contributed by atoms with Gasteiger partial charge in [0, 0.05) is 11.6 Å². The van der Waals surface area contributed by atoms with Gasteiger partial charge in [0.25, 0.3) is 0 Å². The summed E-state index contributed by atoms with van der Waals surface area (Å²) in [5.74, 6) is 2.70. The molecule has 2 nitrogen and oxygen atoms in total. The maximum atomic E-state index is 5.74. The minimum absolute atomic E-state index is 0.393. The highest BCUT2D eigenvalue weighted by atomic mass is 16.3. The molecule has 0 radical (unpaired) electrons. The summed E-state index contributed by atoms with van der Waals surface area (Å²) in [5.41, 5.74) is 4.36. The second kappa shape index (κ2) is 5.45. The maximum Gasteiger partial charge on any atom is 0.105 e. The van der Waals surface area contributed by atoms with Gasteiger partial charge in [-0.1, -0.05) is 31.2 Å². The Labute approximate surface area is 121 Å². The highest BCUT2D eigenvalue weighted by molar-refractivity contribution is 5.35. The Kier molecular flexibility index (Phi) is 3.66. The van der Waals surface area contributed by atoms with E-state index in [9.17, 15) is 0 Å². The minimum Gasteiger partial charge on any atom is -0.466 e. The zero-order valence-corrected chi connectivity index (χ0v) is 12.6. The van der Waals surface area contributed by atoms with E-state index in [0.717, 1.165) is 30.9 Å². The summed E-state index contributed by atoms with van der Waals surface area (Å²) in [6, 6.07) is 11.4. The molecule has 2 aromatic rings. The Balaban J connectivity index is 1.88. The number of furan rings is 1. The first-order valence-corrected chi connectivity index (χ1v) is 7.56. The quantitative estimate of drug-likeness (QED) is 0.908. The first-order chi connectivity index (χ1) is 9.69. The van der Waals surface area contributed by atoms with E-state index in [1.54, 1.807) is 0 Å². The Morgan fingerprint density at radius 2 is 1.85 bits per heavy atom. The topological polar surface area (TPSA) is 25.2 Å². The largest absolute Gasteiger partial charge is 0.466 e. The van der Waals surface area contributed by atoms with Crippen molar-refractivity contribution in [3.63, 3.8) is 0 Å². The lowest BCUT2D eigenvalue weighted by Gasteiger charge is -2.24. The van der Waals surface area contributed by atoms with Crippen LogP contribution >= 0.6 is 0 Å². The molecule has 1 aromatic carbocycles. The van der Waals surface area contributed by atoms with Gasteiger partial charge in [0.05, 0.1) is 0 Å². The highest BCUT2D eigenvalue weighted by Crippen LogP contribution is 2.37. The van der Waals surface area contributed by atoms with Crippen molar-refractivity contribution in [2.75, 3.05) is 6.54 Å². The van der Waals surface area contributed by atoms with E-state index in [0.29, 0.717) is 12.0 Å². The van der Waals surface area contributed by atoms with Gasteiger partial charge in [-0.2, -0.15) is 0 Å². The number of benzene rings is 1. The van der Waals surface area contributed by atoms with Crippen molar-refractivity contribution in [1.82, 2.24) is 5.32 Å². The Morgan fingerprint density at radius 3 is 2.35 bits per heavy atom. The van der Waals surface area contributed by atoms with Crippen molar-refractivity contribution < 1.29 is 4.42 Å². The van der Waals surface area contributed by atoms with Gasteiger partial charge < -0.3 is 9.73 Å². The number of nitrogens with one attached hydrogen (secondary N) is 1. The molecule has 1 heterocycles. The van der Waals surface area contributed by atoms with Gasteiger partial charge in [-0.3, -0.25) is 0 Å². The molecule has 0 saturated heterocycles. The number of aryl methyl sites for hydroxylation is 2. The minimum atomic E-state index is 0.393. The summed E-state index contributed by atoms with van der Waals surface area (Å²) in [4.78, 5) is 0. The van der Waals surface area contributed by atoms with Gasteiger partial charge in [0.15, 0.2) is 0 Å². The molecule has 1 aromatic heterocycles. The normalized spacial score (nSPS) is 16.4. The van der Waals surface area contributed by atoms with Crippen LogP contribution in [0.25, 0.3) is 0 Å². The van der Waals surface area contributed by atoms with Gasteiger partial charge >= 0.3 is 0 Å². The van der Waals surface area contributed by atoms with E-state index in [1.807, 2.05) is 6.92 Å². The summed E-state index contributed by atoms with van der Waals surface area (Å²) in [6.45, 7) is 7.27. The number of hydrogen-bond acceptors (Lipinski definition) is 2. The summed E-state index contributed by atoms with van der Waals surface area (Å²) >= 11 is 0. The second-order valence-electron chi connectivity index (χ2n) is 5.84. The first-order valence-electron chi connectivity index (χ1n) is 7.56. The monoisotopic (exact) mass is 269 g/mol. The number of fused-ring (bicyclic) bond motifs is 1. The van der Waals surface area contributed by atoms with Gasteiger partial charge in [0.1, 0.15) is 11.5 Å². The fourth-order valence-electron chi connectivity index (χ4n) is 3.54. The van der Waals surface area contributed by atoms with E-state index in [1.165, 1.54) is 16.7 Å². The third-order valence-electron chi connectivity index (χ3n) is 4.39. The Morgan fingerprint density at radius 1 is 1.20 bits per heavy atom. The van der Waals surface area contributed by atoms with Crippen LogP contribution < -0.4 is 5.32 Å². The van der Waals surface area contributed by atoms with E-state index < -0.39 is 0 Å². The second-order valence-corrected chi connectivity index (χ2v) is 5.84. The summed E-state index contributed by atoms with van der Waals surface area (Å²) in [6.07, 6.45) is 2.33. The predicted octanol–water partition coefficient (Wildman–Crippen LogP) is 3.96. The zero-order valence-electron chi connectivity index (χ0n) is 12.6. The number of rotatable bonds is 4. The SMILES string of the molecule is CCNC(c1cc(C)oc1C)C1Cc2ccccc2C1. The molecule has 1 atom stereocenters. The van der Waals surface area contributed by atoms with Crippen molar-refractivity contribution in [3.8, 4) is 0 Å². The third-order valence-corrected chi connectivity index (χ3v) is 4.39. The lowest BCUT2D eigenvalue weighted by Crippen LogP contribution is -2.29. The van der Waals surface area contributed by atoms with E-state index in [2.05, 4.69) is 49.5 Å². The smallest absolute Gasteiger partial charge is 0.105 e. The zero-order chi connectivity index (χ0) is 14.1. The Hall–Kier alpha value is -1.54. The third kappa shape index (κ3) is 2.40. The van der Waals surface area contributed by atoms with Crippen LogP contribution in [-0.4, -0.2) is 6.54 Å². The van der Waals surface area contributed by atoms with Gasteiger partial charge in [0.2, 0.25) is 0 Å². The van der Waals surface area contributed by atoms with Gasteiger partial charge in [-0.15, -0.1) is 0 Å². The molecular formula is C18H23NO. The molecule has 0 spiro atoms. The molecule has 0 amide bonds. The van der Waals surface area contributed by atoms with Crippen molar-refractivity contribution in [1.29, 1.82) is 0 Å². The molecule has 0 fully saturated rings. The van der Waals surface area contributed by atoms with Crippen molar-refractivity contribution in [3.05, 3.63) is 58.5 Å². The fourth-order valence-corrected chi connectivity index (χ4v) is 3.54. The van der Waals surface area contributed by atoms with Crippen LogP contribution in [0.15, 0.2) is 34.7 Å². The summed E-state index contributed by atoms with van der Waals surface area (Å²) in [7, 11) is 0. The molecule has 0 bridgehead atoms. The molecule has 1 aliphatic rings. The first kappa shape index (κ1) is 13.4. The van der Waals surface area contributed by atoms with Crippen molar-refractivity contribution >= 4 is 0 Å². The van der Waals surface area contributed by atoms with Crippen LogP contribution in [0, 0.1) is 19.8 Å². The van der Waals surface area contributed by atoms with Crippen LogP contribution in [0.3, 0.4) is 0 Å². The molecule has 1 unspecified atom stereocenters.